The first-order valence-electron chi connectivity index (χ1n) is 6.44. The second kappa shape index (κ2) is 6.86. The first-order chi connectivity index (χ1) is 10.0. The summed E-state index contributed by atoms with van der Waals surface area (Å²) in [6, 6.07) is 3.03. The Bertz CT molecular complexity index is 672. The van der Waals surface area contributed by atoms with E-state index in [1.807, 2.05) is 6.92 Å². The van der Waals surface area contributed by atoms with E-state index in [9.17, 15) is 18.7 Å². The Balaban J connectivity index is 2.07. The molecule has 2 rings (SSSR count). The molecule has 0 saturated heterocycles. The molecular weight excluding hydrogens is 300 g/mol. The fourth-order valence-corrected chi connectivity index (χ4v) is 2.78. The van der Waals surface area contributed by atoms with Crippen molar-refractivity contribution in [2.24, 2.45) is 0 Å². The van der Waals surface area contributed by atoms with Gasteiger partial charge in [-0.1, -0.05) is 24.8 Å². The van der Waals surface area contributed by atoms with E-state index in [-0.39, 0.29) is 17.0 Å². The predicted octanol–water partition coefficient (Wildman–Crippen LogP) is 2.09. The lowest BCUT2D eigenvalue weighted by molar-refractivity contribution is 0.198. The zero-order chi connectivity index (χ0) is 15.4. The molecule has 1 atom stereocenters. The highest BCUT2D eigenvalue weighted by atomic mass is 32.2. The second-order valence-corrected chi connectivity index (χ2v) is 5.44. The van der Waals surface area contributed by atoms with Gasteiger partial charge in [0.15, 0.2) is 5.16 Å². The molecule has 0 radical (unpaired) electrons. The summed E-state index contributed by atoms with van der Waals surface area (Å²) in [4.78, 5) is 11.5. The van der Waals surface area contributed by atoms with Gasteiger partial charge in [0, 0.05) is 23.9 Å². The first kappa shape index (κ1) is 15.7. The number of aromatic nitrogens is 3. The third-order valence-electron chi connectivity index (χ3n) is 2.86. The fraction of sp³-hybridized carbons (Fsp3) is 0.385. The molecule has 21 heavy (non-hydrogen) atoms. The van der Waals surface area contributed by atoms with Crippen LogP contribution in [0.1, 0.15) is 25.0 Å². The number of rotatable bonds is 6. The molecule has 1 unspecified atom stereocenters. The minimum Gasteiger partial charge on any atom is -0.387 e. The number of hydrogen-bond acceptors (Lipinski definition) is 4. The van der Waals surface area contributed by atoms with Crippen LogP contribution in [0.4, 0.5) is 8.78 Å². The van der Waals surface area contributed by atoms with Gasteiger partial charge in [-0.3, -0.25) is 4.57 Å². The van der Waals surface area contributed by atoms with Gasteiger partial charge in [-0.15, -0.1) is 5.10 Å². The lowest BCUT2D eigenvalue weighted by Gasteiger charge is -2.11. The number of halogens is 2. The molecule has 0 aliphatic heterocycles. The lowest BCUT2D eigenvalue weighted by atomic mass is 10.1. The third-order valence-corrected chi connectivity index (χ3v) is 3.91. The van der Waals surface area contributed by atoms with Crippen LogP contribution in [-0.4, -0.2) is 25.6 Å². The van der Waals surface area contributed by atoms with Gasteiger partial charge < -0.3 is 5.11 Å². The quantitative estimate of drug-likeness (QED) is 0.801. The molecule has 5 nitrogen and oxygen atoms in total. The van der Waals surface area contributed by atoms with Crippen molar-refractivity contribution in [1.82, 2.24) is 14.8 Å². The van der Waals surface area contributed by atoms with Gasteiger partial charge in [-0.05, 0) is 12.5 Å². The van der Waals surface area contributed by atoms with Crippen molar-refractivity contribution >= 4 is 11.8 Å². The van der Waals surface area contributed by atoms with Gasteiger partial charge in [0.1, 0.15) is 11.6 Å². The molecule has 1 aromatic heterocycles. The first-order valence-corrected chi connectivity index (χ1v) is 7.42. The van der Waals surface area contributed by atoms with E-state index in [0.717, 1.165) is 30.3 Å². The Morgan fingerprint density at radius 3 is 2.90 bits per heavy atom. The maximum atomic E-state index is 13.5. The smallest absolute Gasteiger partial charge is 0.343 e. The van der Waals surface area contributed by atoms with Crippen LogP contribution in [0.2, 0.25) is 0 Å². The summed E-state index contributed by atoms with van der Waals surface area (Å²) in [5.41, 5.74) is -0.300. The minimum atomic E-state index is -1.11. The molecule has 0 aliphatic rings. The minimum absolute atomic E-state index is 0.0174. The van der Waals surface area contributed by atoms with E-state index in [1.165, 1.54) is 10.6 Å². The maximum absolute atomic E-state index is 13.5. The van der Waals surface area contributed by atoms with Crippen LogP contribution >= 0.6 is 11.8 Å². The third kappa shape index (κ3) is 3.70. The lowest BCUT2D eigenvalue weighted by Crippen LogP contribution is -2.17. The summed E-state index contributed by atoms with van der Waals surface area (Å²) >= 11 is 1.13. The summed E-state index contributed by atoms with van der Waals surface area (Å²) in [7, 11) is 0. The summed E-state index contributed by atoms with van der Waals surface area (Å²) in [6.45, 7) is 2.44. The number of nitrogens with zero attached hydrogens (tertiary/aromatic N) is 2. The molecule has 0 aliphatic carbocycles. The van der Waals surface area contributed by atoms with Crippen LogP contribution in [0.3, 0.4) is 0 Å². The molecule has 0 bridgehead atoms. The molecule has 8 heteroatoms. The van der Waals surface area contributed by atoms with Crippen LogP contribution in [0.15, 0.2) is 28.2 Å². The summed E-state index contributed by atoms with van der Waals surface area (Å²) in [6.07, 6.45) is -0.347. The monoisotopic (exact) mass is 315 g/mol. The van der Waals surface area contributed by atoms with Gasteiger partial charge in [0.25, 0.3) is 0 Å². The van der Waals surface area contributed by atoms with E-state index in [1.54, 1.807) is 0 Å². The van der Waals surface area contributed by atoms with Gasteiger partial charge in [-0.2, -0.15) is 0 Å². The standard InChI is InChI=1S/C13H15F2N3O2S/c1-2-5-18-12(20)16-17-13(18)21-7-11(19)9-4-3-8(14)6-10(9)15/h3-4,6,11,19H,2,5,7H2,1H3,(H,16,20). The highest BCUT2D eigenvalue weighted by Gasteiger charge is 2.16. The Labute approximate surface area is 124 Å². The van der Waals surface area contributed by atoms with E-state index >= 15 is 0 Å². The van der Waals surface area contributed by atoms with Crippen LogP contribution < -0.4 is 5.69 Å². The normalized spacial score (nSPS) is 12.6. The molecule has 0 fully saturated rings. The number of aromatic amines is 1. The van der Waals surface area contributed by atoms with Crippen molar-refractivity contribution in [2.45, 2.75) is 31.1 Å². The number of H-pyrrole nitrogens is 1. The van der Waals surface area contributed by atoms with Crippen molar-refractivity contribution in [3.8, 4) is 0 Å². The zero-order valence-corrected chi connectivity index (χ0v) is 12.2. The number of benzene rings is 1. The molecule has 1 aromatic carbocycles. The van der Waals surface area contributed by atoms with Gasteiger partial charge in [0.2, 0.25) is 0 Å². The molecule has 0 spiro atoms. The van der Waals surface area contributed by atoms with Crippen molar-refractivity contribution in [2.75, 3.05) is 5.75 Å². The highest BCUT2D eigenvalue weighted by molar-refractivity contribution is 7.99. The Morgan fingerprint density at radius 2 is 2.24 bits per heavy atom. The van der Waals surface area contributed by atoms with Gasteiger partial charge >= 0.3 is 5.69 Å². The second-order valence-electron chi connectivity index (χ2n) is 4.46. The average Bonchev–Trinajstić information content (AvgIpc) is 2.78. The Kier molecular flexibility index (Phi) is 5.13. The molecule has 0 saturated carbocycles. The molecular formula is C13H15F2N3O2S. The highest BCUT2D eigenvalue weighted by Crippen LogP contribution is 2.25. The average molecular weight is 315 g/mol. The van der Waals surface area contributed by atoms with Crippen molar-refractivity contribution < 1.29 is 13.9 Å². The Hall–Kier alpha value is -1.67. The number of hydrogen-bond donors (Lipinski definition) is 2. The van der Waals surface area contributed by atoms with Crippen LogP contribution in [0.25, 0.3) is 0 Å². The molecule has 1 heterocycles. The topological polar surface area (TPSA) is 70.9 Å². The predicted molar refractivity (Wildman–Crippen MR) is 75.2 cm³/mol. The van der Waals surface area contributed by atoms with E-state index in [0.29, 0.717) is 11.7 Å². The van der Waals surface area contributed by atoms with E-state index < -0.39 is 17.7 Å². The van der Waals surface area contributed by atoms with E-state index in [4.69, 9.17) is 0 Å². The molecule has 2 N–H and O–H groups in total. The SMILES string of the molecule is CCCn1c(SCC(O)c2ccc(F)cc2F)n[nH]c1=O. The largest absolute Gasteiger partial charge is 0.387 e. The van der Waals surface area contributed by atoms with Crippen LogP contribution in [0, 0.1) is 11.6 Å². The van der Waals surface area contributed by atoms with Gasteiger partial charge in [-0.25, -0.2) is 18.7 Å². The number of nitrogens with one attached hydrogen (secondary N) is 1. The zero-order valence-electron chi connectivity index (χ0n) is 11.3. The summed E-state index contributed by atoms with van der Waals surface area (Å²) < 4.78 is 27.8. The number of aliphatic hydroxyl groups is 1. The van der Waals surface area contributed by atoms with Crippen LogP contribution in [0.5, 0.6) is 0 Å². The summed E-state index contributed by atoms with van der Waals surface area (Å²) in [5.74, 6) is -1.38. The maximum Gasteiger partial charge on any atom is 0.343 e. The van der Waals surface area contributed by atoms with Crippen molar-refractivity contribution in [3.05, 3.63) is 45.9 Å². The van der Waals surface area contributed by atoms with E-state index in [2.05, 4.69) is 10.2 Å². The van der Waals surface area contributed by atoms with Crippen molar-refractivity contribution in [1.29, 1.82) is 0 Å². The fourth-order valence-electron chi connectivity index (χ4n) is 1.85. The number of aliphatic hydroxyl groups excluding tert-OH is 1. The Morgan fingerprint density at radius 1 is 1.48 bits per heavy atom. The molecule has 114 valence electrons. The van der Waals surface area contributed by atoms with Gasteiger partial charge in [0.05, 0.1) is 6.10 Å². The molecule has 0 amide bonds. The summed E-state index contributed by atoms with van der Waals surface area (Å²) in [5, 5.41) is 16.6. The molecule has 2 aromatic rings. The number of thioether (sulfide) groups is 1. The van der Waals surface area contributed by atoms with Crippen molar-refractivity contribution in [3.63, 3.8) is 0 Å². The van der Waals surface area contributed by atoms with Crippen LogP contribution in [-0.2, 0) is 6.54 Å².